The fourth-order valence-corrected chi connectivity index (χ4v) is 2.97. The molecule has 1 aromatic carbocycles. The number of methoxy groups -OCH3 is 2. The van der Waals surface area contributed by atoms with Crippen LogP contribution >= 0.6 is 0 Å². The number of hydrogen-bond donors (Lipinski definition) is 1. The number of amides is 1. The second-order valence-electron chi connectivity index (χ2n) is 5.99. The third-order valence-corrected chi connectivity index (χ3v) is 4.48. The lowest BCUT2D eigenvalue weighted by Crippen LogP contribution is -2.29. The van der Waals surface area contributed by atoms with Crippen molar-refractivity contribution in [1.82, 2.24) is 9.97 Å². The maximum atomic E-state index is 13.0. The predicted octanol–water partition coefficient (Wildman–Crippen LogP) is 2.78. The van der Waals surface area contributed by atoms with Crippen LogP contribution in [0.1, 0.15) is 29.8 Å². The van der Waals surface area contributed by atoms with Crippen LogP contribution in [0.3, 0.4) is 0 Å². The molecule has 1 aromatic heterocycles. The largest absolute Gasteiger partial charge is 0.496 e. The second kappa shape index (κ2) is 6.11. The third kappa shape index (κ3) is 2.68. The van der Waals surface area contributed by atoms with Gasteiger partial charge in [0.05, 0.1) is 36.7 Å². The Kier molecular flexibility index (Phi) is 4.13. The van der Waals surface area contributed by atoms with Gasteiger partial charge in [0.2, 0.25) is 5.91 Å². The monoisotopic (exact) mass is 327 g/mol. The molecule has 3 rings (SSSR count). The average molecular weight is 327 g/mol. The first-order chi connectivity index (χ1) is 11.5. The van der Waals surface area contributed by atoms with Crippen LogP contribution in [0.5, 0.6) is 11.8 Å². The Balaban J connectivity index is 1.91. The number of carbonyl (C=O) groups is 1. The highest BCUT2D eigenvalue weighted by molar-refractivity contribution is 6.02. The highest BCUT2D eigenvalue weighted by Crippen LogP contribution is 2.52. The molecule has 0 unspecified atom stereocenters. The molecule has 0 aliphatic heterocycles. The summed E-state index contributed by atoms with van der Waals surface area (Å²) in [6.45, 7) is 3.66. The summed E-state index contributed by atoms with van der Waals surface area (Å²) in [6, 6.07) is 7.97. The molecule has 1 N–H and O–H groups in total. The summed E-state index contributed by atoms with van der Waals surface area (Å²) < 4.78 is 10.5. The van der Waals surface area contributed by atoms with Crippen LogP contribution in [0.4, 0.5) is 5.69 Å². The van der Waals surface area contributed by atoms with Crippen LogP contribution in [0, 0.1) is 13.8 Å². The molecule has 1 aliphatic carbocycles. The Morgan fingerprint density at radius 2 is 1.71 bits per heavy atom. The predicted molar refractivity (Wildman–Crippen MR) is 90.6 cm³/mol. The molecule has 1 aliphatic rings. The minimum absolute atomic E-state index is 0.0491. The average Bonchev–Trinajstić information content (AvgIpc) is 3.39. The maximum Gasteiger partial charge on any atom is 0.316 e. The number of rotatable bonds is 5. The summed E-state index contributed by atoms with van der Waals surface area (Å²) in [4.78, 5) is 21.5. The number of hydrogen-bond acceptors (Lipinski definition) is 5. The Labute approximate surface area is 141 Å². The third-order valence-electron chi connectivity index (χ3n) is 4.48. The van der Waals surface area contributed by atoms with Crippen LogP contribution in [-0.4, -0.2) is 30.1 Å². The fraction of sp³-hybridized carbons (Fsp3) is 0.389. The fourth-order valence-electron chi connectivity index (χ4n) is 2.97. The van der Waals surface area contributed by atoms with Crippen LogP contribution in [0.15, 0.2) is 24.3 Å². The van der Waals surface area contributed by atoms with E-state index in [0.717, 1.165) is 24.2 Å². The van der Waals surface area contributed by atoms with Gasteiger partial charge in [-0.05, 0) is 32.8 Å². The van der Waals surface area contributed by atoms with E-state index >= 15 is 0 Å². The van der Waals surface area contributed by atoms with Crippen molar-refractivity contribution in [3.05, 3.63) is 41.2 Å². The Hall–Kier alpha value is -2.63. The molecule has 2 aromatic rings. The lowest BCUT2D eigenvalue weighted by molar-refractivity contribution is -0.118. The number of aryl methyl sites for hydroxylation is 2. The molecule has 24 heavy (non-hydrogen) atoms. The molecule has 126 valence electrons. The number of nitrogens with zero attached hydrogens (tertiary/aromatic N) is 2. The van der Waals surface area contributed by atoms with Gasteiger partial charge in [0, 0.05) is 5.56 Å². The van der Waals surface area contributed by atoms with Gasteiger partial charge in [-0.1, -0.05) is 18.2 Å². The summed E-state index contributed by atoms with van der Waals surface area (Å²) in [5, 5.41) is 3.01. The van der Waals surface area contributed by atoms with Crippen molar-refractivity contribution in [3.8, 4) is 11.8 Å². The molecule has 0 atom stereocenters. The zero-order valence-corrected chi connectivity index (χ0v) is 14.3. The molecular weight excluding hydrogens is 306 g/mol. The number of ether oxygens (including phenoxy) is 2. The quantitative estimate of drug-likeness (QED) is 0.914. The van der Waals surface area contributed by atoms with Crippen molar-refractivity contribution >= 4 is 11.6 Å². The van der Waals surface area contributed by atoms with E-state index in [1.807, 2.05) is 38.1 Å². The smallest absolute Gasteiger partial charge is 0.316 e. The van der Waals surface area contributed by atoms with Gasteiger partial charge >= 0.3 is 6.01 Å². The number of carbonyl (C=O) groups excluding carboxylic acids is 1. The number of aromatic nitrogens is 2. The summed E-state index contributed by atoms with van der Waals surface area (Å²) in [7, 11) is 3.14. The zero-order chi connectivity index (χ0) is 17.3. The minimum atomic E-state index is -0.536. The van der Waals surface area contributed by atoms with Gasteiger partial charge in [0.25, 0.3) is 0 Å². The van der Waals surface area contributed by atoms with E-state index in [4.69, 9.17) is 9.47 Å². The van der Waals surface area contributed by atoms with Gasteiger partial charge in [-0.15, -0.1) is 0 Å². The summed E-state index contributed by atoms with van der Waals surface area (Å²) in [5.41, 5.74) is 2.40. The van der Waals surface area contributed by atoms with Gasteiger partial charge in [-0.3, -0.25) is 4.79 Å². The van der Waals surface area contributed by atoms with E-state index in [1.165, 1.54) is 7.11 Å². The highest BCUT2D eigenvalue weighted by atomic mass is 16.5. The van der Waals surface area contributed by atoms with E-state index in [9.17, 15) is 4.79 Å². The molecular formula is C18H21N3O3. The van der Waals surface area contributed by atoms with Crippen LogP contribution < -0.4 is 14.8 Å². The van der Waals surface area contributed by atoms with Gasteiger partial charge in [0.15, 0.2) is 0 Å². The summed E-state index contributed by atoms with van der Waals surface area (Å²) in [6.07, 6.45) is 1.60. The van der Waals surface area contributed by atoms with Crippen molar-refractivity contribution in [1.29, 1.82) is 0 Å². The van der Waals surface area contributed by atoms with Crippen molar-refractivity contribution < 1.29 is 14.3 Å². The van der Waals surface area contributed by atoms with Crippen molar-refractivity contribution in [2.24, 2.45) is 0 Å². The van der Waals surface area contributed by atoms with E-state index in [2.05, 4.69) is 15.3 Å². The second-order valence-corrected chi connectivity index (χ2v) is 5.99. The molecule has 0 bridgehead atoms. The molecule has 1 saturated carbocycles. The number of benzene rings is 1. The number of para-hydroxylation sites is 1. The first kappa shape index (κ1) is 16.2. The van der Waals surface area contributed by atoms with E-state index in [-0.39, 0.29) is 5.91 Å². The molecule has 1 fully saturated rings. The Morgan fingerprint density at radius 3 is 2.25 bits per heavy atom. The van der Waals surface area contributed by atoms with Crippen LogP contribution in [-0.2, 0) is 10.2 Å². The molecule has 6 nitrogen and oxygen atoms in total. The molecule has 0 radical (unpaired) electrons. The Morgan fingerprint density at radius 1 is 1.08 bits per heavy atom. The SMILES string of the molecule is COc1nc(C)c(NC(=O)C2(c3ccccc3OC)CC2)c(C)n1. The maximum absolute atomic E-state index is 13.0. The number of nitrogens with one attached hydrogen (secondary N) is 1. The van der Waals surface area contributed by atoms with Crippen LogP contribution in [0.25, 0.3) is 0 Å². The first-order valence-corrected chi connectivity index (χ1v) is 7.86. The van der Waals surface area contributed by atoms with Crippen LogP contribution in [0.2, 0.25) is 0 Å². The lowest BCUT2D eigenvalue weighted by Gasteiger charge is -2.20. The van der Waals surface area contributed by atoms with Crippen molar-refractivity contribution in [2.45, 2.75) is 32.1 Å². The van der Waals surface area contributed by atoms with E-state index in [1.54, 1.807) is 7.11 Å². The summed E-state index contributed by atoms with van der Waals surface area (Å²) >= 11 is 0. The van der Waals surface area contributed by atoms with Gasteiger partial charge in [0.1, 0.15) is 5.75 Å². The van der Waals surface area contributed by atoms with Crippen molar-refractivity contribution in [3.63, 3.8) is 0 Å². The minimum Gasteiger partial charge on any atom is -0.496 e. The molecule has 0 spiro atoms. The zero-order valence-electron chi connectivity index (χ0n) is 14.3. The Bertz CT molecular complexity index is 762. The molecule has 1 heterocycles. The van der Waals surface area contributed by atoms with Gasteiger partial charge in [-0.2, -0.15) is 9.97 Å². The highest BCUT2D eigenvalue weighted by Gasteiger charge is 2.53. The van der Waals surface area contributed by atoms with Gasteiger partial charge < -0.3 is 14.8 Å². The first-order valence-electron chi connectivity index (χ1n) is 7.86. The standard InChI is InChI=1S/C18H21N3O3/c1-11-15(12(2)20-17(19-11)24-4)21-16(22)18(9-10-18)13-7-5-6-8-14(13)23-3/h5-8H,9-10H2,1-4H3,(H,21,22). The van der Waals surface area contributed by atoms with E-state index < -0.39 is 5.41 Å². The van der Waals surface area contributed by atoms with Gasteiger partial charge in [-0.25, -0.2) is 0 Å². The normalized spacial score (nSPS) is 14.8. The molecule has 0 saturated heterocycles. The number of anilines is 1. The van der Waals surface area contributed by atoms with Crippen molar-refractivity contribution in [2.75, 3.05) is 19.5 Å². The molecule has 6 heteroatoms. The molecule has 1 amide bonds. The topological polar surface area (TPSA) is 73.3 Å². The lowest BCUT2D eigenvalue weighted by atomic mass is 9.93. The van der Waals surface area contributed by atoms with E-state index in [0.29, 0.717) is 23.1 Å². The summed E-state index contributed by atoms with van der Waals surface area (Å²) in [5.74, 6) is 0.691.